The summed E-state index contributed by atoms with van der Waals surface area (Å²) in [7, 11) is 0. The third-order valence-corrected chi connectivity index (χ3v) is 3.71. The summed E-state index contributed by atoms with van der Waals surface area (Å²) in [6, 6.07) is 0.428. The zero-order chi connectivity index (χ0) is 15.5. The van der Waals surface area contributed by atoms with E-state index < -0.39 is 0 Å². The normalized spacial score (nSPS) is 18.1. The Bertz CT molecular complexity index is 297. The lowest BCUT2D eigenvalue weighted by molar-refractivity contribution is 0.00868. The first-order valence-electron chi connectivity index (χ1n) is 8.08. The zero-order valence-corrected chi connectivity index (χ0v) is 16.5. The van der Waals surface area contributed by atoms with Crippen molar-refractivity contribution in [2.24, 2.45) is 16.6 Å². The van der Waals surface area contributed by atoms with Crippen LogP contribution in [0.2, 0.25) is 0 Å². The molecule has 1 heterocycles. The van der Waals surface area contributed by atoms with Gasteiger partial charge in [-0.15, -0.1) is 24.0 Å². The molecule has 3 N–H and O–H groups in total. The van der Waals surface area contributed by atoms with Crippen molar-refractivity contribution in [3.8, 4) is 0 Å². The Morgan fingerprint density at radius 1 is 1.36 bits per heavy atom. The molecule has 0 radical (unpaired) electrons. The Kier molecular flexibility index (Phi) is 13.3. The van der Waals surface area contributed by atoms with Gasteiger partial charge in [-0.1, -0.05) is 13.8 Å². The van der Waals surface area contributed by atoms with Crippen LogP contribution in [-0.2, 0) is 9.47 Å². The van der Waals surface area contributed by atoms with Gasteiger partial charge in [0.15, 0.2) is 5.96 Å². The monoisotopic (exact) mass is 428 g/mol. The summed E-state index contributed by atoms with van der Waals surface area (Å²) in [5, 5.41) is 3.14. The van der Waals surface area contributed by atoms with Crippen LogP contribution in [0.25, 0.3) is 0 Å². The van der Waals surface area contributed by atoms with Crippen molar-refractivity contribution in [1.82, 2.24) is 10.2 Å². The van der Waals surface area contributed by atoms with Crippen molar-refractivity contribution in [2.75, 3.05) is 52.6 Å². The van der Waals surface area contributed by atoms with Crippen LogP contribution in [0.5, 0.6) is 0 Å². The lowest BCUT2D eigenvalue weighted by Crippen LogP contribution is -2.48. The SMILES string of the molecule is CCOCCCNC(N)=NCC(C(C)C)N1CCOCC1.I. The molecule has 1 unspecified atom stereocenters. The van der Waals surface area contributed by atoms with Crippen LogP contribution in [-0.4, -0.2) is 69.5 Å². The molecular weight excluding hydrogens is 395 g/mol. The number of ether oxygens (including phenoxy) is 2. The summed E-state index contributed by atoms with van der Waals surface area (Å²) < 4.78 is 10.7. The number of nitrogens with one attached hydrogen (secondary N) is 1. The second-order valence-electron chi connectivity index (χ2n) is 5.66. The number of aliphatic imine (C=N–C) groups is 1. The van der Waals surface area contributed by atoms with E-state index in [2.05, 4.69) is 29.1 Å². The molecule has 7 heteroatoms. The highest BCUT2D eigenvalue weighted by Crippen LogP contribution is 2.13. The Morgan fingerprint density at radius 3 is 2.64 bits per heavy atom. The molecule has 0 amide bonds. The summed E-state index contributed by atoms with van der Waals surface area (Å²) in [6.07, 6.45) is 0.946. The Balaban J connectivity index is 0.00000441. The largest absolute Gasteiger partial charge is 0.382 e. The first-order valence-corrected chi connectivity index (χ1v) is 8.08. The summed E-state index contributed by atoms with van der Waals surface area (Å²) in [5.41, 5.74) is 5.92. The second kappa shape index (κ2) is 13.3. The van der Waals surface area contributed by atoms with Gasteiger partial charge in [0, 0.05) is 38.9 Å². The van der Waals surface area contributed by atoms with Gasteiger partial charge in [-0.2, -0.15) is 0 Å². The number of nitrogens with zero attached hydrogens (tertiary/aromatic N) is 2. The van der Waals surface area contributed by atoms with Gasteiger partial charge in [0.1, 0.15) is 0 Å². The topological polar surface area (TPSA) is 72.1 Å². The van der Waals surface area contributed by atoms with Crippen molar-refractivity contribution in [1.29, 1.82) is 0 Å². The molecule has 6 nitrogen and oxygen atoms in total. The Hall–Kier alpha value is -0.120. The molecule has 22 heavy (non-hydrogen) atoms. The fraction of sp³-hybridized carbons (Fsp3) is 0.933. The van der Waals surface area contributed by atoms with Crippen molar-refractivity contribution >= 4 is 29.9 Å². The third kappa shape index (κ3) is 9.12. The first-order chi connectivity index (χ1) is 10.1. The maximum Gasteiger partial charge on any atom is 0.188 e. The van der Waals surface area contributed by atoms with Crippen LogP contribution in [0.1, 0.15) is 27.2 Å². The fourth-order valence-corrected chi connectivity index (χ4v) is 2.44. The molecule has 0 bridgehead atoms. The number of rotatable bonds is 9. The average molecular weight is 428 g/mol. The van der Waals surface area contributed by atoms with Crippen LogP contribution < -0.4 is 11.1 Å². The van der Waals surface area contributed by atoms with Crippen LogP contribution >= 0.6 is 24.0 Å². The van der Waals surface area contributed by atoms with Crippen molar-refractivity contribution in [3.63, 3.8) is 0 Å². The van der Waals surface area contributed by atoms with Gasteiger partial charge in [0.2, 0.25) is 0 Å². The van der Waals surface area contributed by atoms with E-state index in [1.54, 1.807) is 0 Å². The van der Waals surface area contributed by atoms with Gasteiger partial charge < -0.3 is 20.5 Å². The summed E-state index contributed by atoms with van der Waals surface area (Å²) in [4.78, 5) is 6.96. The van der Waals surface area contributed by atoms with E-state index in [-0.39, 0.29) is 24.0 Å². The molecule has 1 aliphatic rings. The van der Waals surface area contributed by atoms with Crippen molar-refractivity contribution < 1.29 is 9.47 Å². The van der Waals surface area contributed by atoms with E-state index in [0.29, 0.717) is 17.9 Å². The number of morpholine rings is 1. The molecule has 1 rings (SSSR count). The molecule has 1 fully saturated rings. The quantitative estimate of drug-likeness (QED) is 0.251. The van der Waals surface area contributed by atoms with E-state index in [4.69, 9.17) is 15.2 Å². The average Bonchev–Trinajstić information content (AvgIpc) is 2.48. The van der Waals surface area contributed by atoms with Gasteiger partial charge in [-0.25, -0.2) is 0 Å². The van der Waals surface area contributed by atoms with Crippen LogP contribution in [0.15, 0.2) is 4.99 Å². The number of halogens is 1. The Morgan fingerprint density at radius 2 is 2.05 bits per heavy atom. The van der Waals surface area contributed by atoms with E-state index in [1.165, 1.54) is 0 Å². The molecule has 132 valence electrons. The number of hydrogen-bond acceptors (Lipinski definition) is 4. The molecular formula is C15H33IN4O2. The fourth-order valence-electron chi connectivity index (χ4n) is 2.44. The minimum absolute atomic E-state index is 0. The third-order valence-electron chi connectivity index (χ3n) is 3.71. The van der Waals surface area contributed by atoms with E-state index in [0.717, 1.165) is 59.0 Å². The highest BCUT2D eigenvalue weighted by Gasteiger charge is 2.23. The van der Waals surface area contributed by atoms with E-state index in [9.17, 15) is 0 Å². The van der Waals surface area contributed by atoms with Gasteiger partial charge in [0.25, 0.3) is 0 Å². The number of guanidine groups is 1. The molecule has 1 aliphatic heterocycles. The van der Waals surface area contributed by atoms with Crippen molar-refractivity contribution in [3.05, 3.63) is 0 Å². The molecule has 1 atom stereocenters. The minimum Gasteiger partial charge on any atom is -0.382 e. The molecule has 1 saturated heterocycles. The molecule has 0 spiro atoms. The van der Waals surface area contributed by atoms with E-state index in [1.807, 2.05) is 6.92 Å². The summed E-state index contributed by atoms with van der Waals surface area (Å²) in [5.74, 6) is 1.09. The van der Waals surface area contributed by atoms with Gasteiger partial charge >= 0.3 is 0 Å². The minimum atomic E-state index is 0. The number of hydrogen-bond donors (Lipinski definition) is 2. The molecule has 0 aromatic heterocycles. The highest BCUT2D eigenvalue weighted by molar-refractivity contribution is 14.0. The highest BCUT2D eigenvalue weighted by atomic mass is 127. The van der Waals surface area contributed by atoms with Crippen molar-refractivity contribution in [2.45, 2.75) is 33.2 Å². The molecule has 0 aliphatic carbocycles. The van der Waals surface area contributed by atoms with Gasteiger partial charge in [-0.05, 0) is 19.3 Å². The standard InChI is InChI=1S/C15H32N4O2.HI/c1-4-20-9-5-6-17-15(16)18-12-14(13(2)3)19-7-10-21-11-8-19;/h13-14H,4-12H2,1-3H3,(H3,16,17,18);1H. The molecule has 0 saturated carbocycles. The van der Waals surface area contributed by atoms with Crippen LogP contribution in [0.3, 0.4) is 0 Å². The van der Waals surface area contributed by atoms with E-state index >= 15 is 0 Å². The summed E-state index contributed by atoms with van der Waals surface area (Å²) >= 11 is 0. The maximum absolute atomic E-state index is 5.92. The van der Waals surface area contributed by atoms with Gasteiger partial charge in [-0.3, -0.25) is 9.89 Å². The smallest absolute Gasteiger partial charge is 0.188 e. The first kappa shape index (κ1) is 21.9. The van der Waals surface area contributed by atoms with Gasteiger partial charge in [0.05, 0.1) is 19.8 Å². The zero-order valence-electron chi connectivity index (χ0n) is 14.2. The second-order valence-corrected chi connectivity index (χ2v) is 5.66. The lowest BCUT2D eigenvalue weighted by Gasteiger charge is -2.36. The maximum atomic E-state index is 5.92. The number of nitrogens with two attached hydrogens (primary N) is 1. The van der Waals surface area contributed by atoms with Crippen LogP contribution in [0.4, 0.5) is 0 Å². The molecule has 0 aromatic rings. The predicted octanol–water partition coefficient (Wildman–Crippen LogP) is 1.29. The Labute approximate surface area is 152 Å². The predicted molar refractivity (Wildman–Crippen MR) is 102 cm³/mol. The summed E-state index contributed by atoms with van der Waals surface area (Å²) in [6.45, 7) is 13.2. The lowest BCUT2D eigenvalue weighted by atomic mass is 10.0. The molecule has 0 aromatic carbocycles. The van der Waals surface area contributed by atoms with Crippen LogP contribution in [0, 0.1) is 5.92 Å².